The molecule has 22 heavy (non-hydrogen) atoms. The highest BCUT2D eigenvalue weighted by Gasteiger charge is 2.58. The largest absolute Gasteiger partial charge is 0.419 e. The number of carbonyl (C=O) groups is 2. The van der Waals surface area contributed by atoms with Crippen LogP contribution in [0.3, 0.4) is 0 Å². The second-order valence-electron chi connectivity index (χ2n) is 5.22. The number of rotatable bonds is 4. The Kier molecular flexibility index (Phi) is 4.53. The van der Waals surface area contributed by atoms with Crippen molar-refractivity contribution >= 4 is 11.9 Å². The highest BCUT2D eigenvalue weighted by Crippen LogP contribution is 2.38. The Hall–Kier alpha value is -2.32. The molecular formula is C17H18O5. The van der Waals surface area contributed by atoms with Crippen molar-refractivity contribution in [2.75, 3.05) is 13.7 Å². The first-order valence-corrected chi connectivity index (χ1v) is 6.89. The monoisotopic (exact) mass is 302 g/mol. The predicted molar refractivity (Wildman–Crippen MR) is 78.7 cm³/mol. The third-order valence-corrected chi connectivity index (χ3v) is 3.52. The number of esters is 2. The molecule has 1 aliphatic heterocycles. The summed E-state index contributed by atoms with van der Waals surface area (Å²) in [4.78, 5) is 25.4. The summed E-state index contributed by atoms with van der Waals surface area (Å²) in [6.45, 7) is 3.11. The number of cyclic esters (lactones) is 2. The van der Waals surface area contributed by atoms with Gasteiger partial charge in [-0.2, -0.15) is 0 Å². The maximum Gasteiger partial charge on any atom is 0.332 e. The van der Waals surface area contributed by atoms with Gasteiger partial charge in [-0.05, 0) is 12.5 Å². The SMILES string of the molecule is CC#CCC1(c2ccccc2)C(=O)OC(C)(COC)OC1=O. The summed E-state index contributed by atoms with van der Waals surface area (Å²) in [6, 6.07) is 8.69. The van der Waals surface area contributed by atoms with Crippen LogP contribution in [0.2, 0.25) is 0 Å². The van der Waals surface area contributed by atoms with E-state index >= 15 is 0 Å². The first kappa shape index (κ1) is 16.1. The minimum absolute atomic E-state index is 0.00818. The maximum absolute atomic E-state index is 12.7. The molecule has 0 N–H and O–H groups in total. The van der Waals surface area contributed by atoms with Gasteiger partial charge < -0.3 is 14.2 Å². The Morgan fingerprint density at radius 3 is 2.23 bits per heavy atom. The van der Waals surface area contributed by atoms with E-state index in [0.29, 0.717) is 5.56 Å². The molecule has 0 saturated carbocycles. The molecule has 0 amide bonds. The smallest absolute Gasteiger partial charge is 0.332 e. The van der Waals surface area contributed by atoms with Gasteiger partial charge in [-0.1, -0.05) is 30.3 Å². The average molecular weight is 302 g/mol. The lowest BCUT2D eigenvalue weighted by Crippen LogP contribution is -2.58. The van der Waals surface area contributed by atoms with Crippen molar-refractivity contribution in [1.82, 2.24) is 0 Å². The van der Waals surface area contributed by atoms with Gasteiger partial charge in [0.2, 0.25) is 5.41 Å². The molecule has 0 aromatic heterocycles. The third kappa shape index (κ3) is 2.70. The van der Waals surface area contributed by atoms with E-state index in [2.05, 4.69) is 11.8 Å². The van der Waals surface area contributed by atoms with Gasteiger partial charge in [-0.3, -0.25) is 9.59 Å². The highest BCUT2D eigenvalue weighted by molar-refractivity contribution is 6.08. The van der Waals surface area contributed by atoms with Crippen molar-refractivity contribution in [2.24, 2.45) is 0 Å². The zero-order valence-electron chi connectivity index (χ0n) is 12.8. The highest BCUT2D eigenvalue weighted by atomic mass is 16.8. The van der Waals surface area contributed by atoms with Gasteiger partial charge in [0.1, 0.15) is 6.61 Å². The molecule has 1 aromatic carbocycles. The fourth-order valence-corrected chi connectivity index (χ4v) is 2.42. The molecule has 0 unspecified atom stereocenters. The van der Waals surface area contributed by atoms with Gasteiger partial charge in [-0.15, -0.1) is 11.8 Å². The average Bonchev–Trinajstić information content (AvgIpc) is 2.48. The molecule has 5 heteroatoms. The van der Waals surface area contributed by atoms with E-state index in [9.17, 15) is 9.59 Å². The second kappa shape index (κ2) is 6.20. The normalized spacial score (nSPS) is 27.4. The Balaban J connectivity index is 2.48. The number of carbonyl (C=O) groups excluding carboxylic acids is 2. The summed E-state index contributed by atoms with van der Waals surface area (Å²) in [6.07, 6.45) is 0.00818. The molecule has 1 heterocycles. The predicted octanol–water partition coefficient (Wildman–Crippen LogP) is 1.80. The summed E-state index contributed by atoms with van der Waals surface area (Å²) in [7, 11) is 1.44. The quantitative estimate of drug-likeness (QED) is 0.482. The van der Waals surface area contributed by atoms with E-state index in [1.54, 1.807) is 37.3 Å². The lowest BCUT2D eigenvalue weighted by atomic mass is 9.77. The van der Waals surface area contributed by atoms with Gasteiger partial charge in [0.15, 0.2) is 0 Å². The van der Waals surface area contributed by atoms with Crippen LogP contribution in [-0.4, -0.2) is 31.4 Å². The van der Waals surface area contributed by atoms with E-state index in [1.165, 1.54) is 14.0 Å². The van der Waals surface area contributed by atoms with Gasteiger partial charge in [0, 0.05) is 20.5 Å². The van der Waals surface area contributed by atoms with E-state index in [1.807, 2.05) is 0 Å². The standard InChI is InChI=1S/C17H18O5/c1-4-5-11-17(13-9-7-6-8-10-13)14(18)21-16(2,12-20-3)22-15(17)19/h6-10H,11-12H2,1-3H3. The maximum atomic E-state index is 12.7. The van der Waals surface area contributed by atoms with Crippen LogP contribution in [0.1, 0.15) is 25.8 Å². The molecular weight excluding hydrogens is 284 g/mol. The Labute approximate surface area is 129 Å². The van der Waals surface area contributed by atoms with Crippen LogP contribution >= 0.6 is 0 Å². The summed E-state index contributed by atoms with van der Waals surface area (Å²) in [5.74, 6) is 2.75. The van der Waals surface area contributed by atoms with Crippen molar-refractivity contribution in [3.05, 3.63) is 35.9 Å². The molecule has 0 radical (unpaired) electrons. The first-order valence-electron chi connectivity index (χ1n) is 6.89. The molecule has 5 nitrogen and oxygen atoms in total. The molecule has 0 atom stereocenters. The van der Waals surface area contributed by atoms with Gasteiger partial charge in [0.05, 0.1) is 0 Å². The Morgan fingerprint density at radius 2 is 1.73 bits per heavy atom. The van der Waals surface area contributed by atoms with E-state index in [0.717, 1.165) is 0 Å². The Morgan fingerprint density at radius 1 is 1.14 bits per heavy atom. The number of hydrogen-bond donors (Lipinski definition) is 0. The van der Waals surface area contributed by atoms with Crippen molar-refractivity contribution < 1.29 is 23.8 Å². The van der Waals surface area contributed by atoms with Crippen LogP contribution in [0.5, 0.6) is 0 Å². The van der Waals surface area contributed by atoms with E-state index in [-0.39, 0.29) is 13.0 Å². The zero-order chi connectivity index (χ0) is 16.2. The van der Waals surface area contributed by atoms with Crippen molar-refractivity contribution in [2.45, 2.75) is 31.5 Å². The molecule has 0 bridgehead atoms. The van der Waals surface area contributed by atoms with Crippen LogP contribution < -0.4 is 0 Å². The van der Waals surface area contributed by atoms with Crippen LogP contribution in [0, 0.1) is 11.8 Å². The third-order valence-electron chi connectivity index (χ3n) is 3.52. The lowest BCUT2D eigenvalue weighted by molar-refractivity contribution is -0.260. The minimum Gasteiger partial charge on any atom is -0.419 e. The van der Waals surface area contributed by atoms with Crippen LogP contribution in [0.4, 0.5) is 0 Å². The van der Waals surface area contributed by atoms with Crippen molar-refractivity contribution in [3.63, 3.8) is 0 Å². The molecule has 2 rings (SSSR count). The molecule has 116 valence electrons. The lowest BCUT2D eigenvalue weighted by Gasteiger charge is -2.40. The van der Waals surface area contributed by atoms with Crippen LogP contribution in [-0.2, 0) is 29.2 Å². The van der Waals surface area contributed by atoms with E-state index in [4.69, 9.17) is 14.2 Å². The minimum atomic E-state index is -1.56. The van der Waals surface area contributed by atoms with Crippen LogP contribution in [0.15, 0.2) is 30.3 Å². The summed E-state index contributed by atoms with van der Waals surface area (Å²) >= 11 is 0. The second-order valence-corrected chi connectivity index (χ2v) is 5.22. The number of hydrogen-bond acceptors (Lipinski definition) is 5. The molecule has 1 aromatic rings. The molecule has 1 fully saturated rings. The Bertz CT molecular complexity index is 605. The molecule has 0 spiro atoms. The topological polar surface area (TPSA) is 61.8 Å². The van der Waals surface area contributed by atoms with E-state index < -0.39 is 23.1 Å². The van der Waals surface area contributed by atoms with Gasteiger partial charge in [0.25, 0.3) is 5.79 Å². The first-order chi connectivity index (χ1) is 10.5. The number of ether oxygens (including phenoxy) is 3. The van der Waals surface area contributed by atoms with Crippen molar-refractivity contribution in [3.8, 4) is 11.8 Å². The zero-order valence-corrected chi connectivity index (χ0v) is 12.8. The number of methoxy groups -OCH3 is 1. The van der Waals surface area contributed by atoms with Gasteiger partial charge in [-0.25, -0.2) is 0 Å². The van der Waals surface area contributed by atoms with Crippen LogP contribution in [0.25, 0.3) is 0 Å². The van der Waals surface area contributed by atoms with Gasteiger partial charge >= 0.3 is 11.9 Å². The summed E-state index contributed by atoms with van der Waals surface area (Å²) < 4.78 is 15.7. The molecule has 1 saturated heterocycles. The molecule has 1 aliphatic rings. The number of benzene rings is 1. The van der Waals surface area contributed by atoms with Crippen molar-refractivity contribution in [1.29, 1.82) is 0 Å². The molecule has 0 aliphatic carbocycles. The summed E-state index contributed by atoms with van der Waals surface area (Å²) in [5, 5.41) is 0. The fraction of sp³-hybridized carbons (Fsp3) is 0.412. The summed E-state index contributed by atoms with van der Waals surface area (Å²) in [5.41, 5.74) is -1.05. The fourth-order valence-electron chi connectivity index (χ4n) is 2.42.